The Balaban J connectivity index is 1.30. The summed E-state index contributed by atoms with van der Waals surface area (Å²) in [7, 11) is 0. The van der Waals surface area contributed by atoms with Crippen molar-refractivity contribution in [3.63, 3.8) is 0 Å². The molecular weight excluding hydrogens is 581 g/mol. The van der Waals surface area contributed by atoms with Gasteiger partial charge in [-0.2, -0.15) is 0 Å². The normalized spacial score (nSPS) is 10.9. The first-order valence-electron chi connectivity index (χ1n) is 16.3. The smallest absolute Gasteiger partial charge is 0.160 e. The predicted molar refractivity (Wildman–Crippen MR) is 200 cm³/mol. The summed E-state index contributed by atoms with van der Waals surface area (Å²) in [6.07, 6.45) is 0. The van der Waals surface area contributed by atoms with Crippen molar-refractivity contribution in [1.29, 1.82) is 0 Å². The van der Waals surface area contributed by atoms with E-state index < -0.39 is 0 Å². The number of aromatic nitrogens is 2. The first-order chi connectivity index (χ1) is 23.8. The van der Waals surface area contributed by atoms with Crippen LogP contribution in [0.25, 0.3) is 78.4 Å². The van der Waals surface area contributed by atoms with Crippen LogP contribution in [0.2, 0.25) is 0 Å². The Hall–Kier alpha value is -6.38. The molecule has 0 saturated carbocycles. The lowest BCUT2D eigenvalue weighted by atomic mass is 9.91. The highest BCUT2D eigenvalue weighted by atomic mass is 14.9. The third-order valence-electron chi connectivity index (χ3n) is 8.69. The zero-order chi connectivity index (χ0) is 32.1. The topological polar surface area (TPSA) is 25.8 Å². The van der Waals surface area contributed by atoms with Crippen LogP contribution < -0.4 is 0 Å². The molecule has 0 aliphatic heterocycles. The van der Waals surface area contributed by atoms with E-state index in [0.29, 0.717) is 5.82 Å². The van der Waals surface area contributed by atoms with Gasteiger partial charge < -0.3 is 0 Å². The molecule has 0 aliphatic rings. The molecular formula is C46H32N2. The minimum Gasteiger partial charge on any atom is -0.227 e. The van der Waals surface area contributed by atoms with E-state index in [-0.39, 0.29) is 0 Å². The van der Waals surface area contributed by atoms with Crippen LogP contribution in [0, 0.1) is 0 Å². The van der Waals surface area contributed by atoms with E-state index >= 15 is 0 Å². The maximum Gasteiger partial charge on any atom is 0.160 e. The fraction of sp³-hybridized carbons (Fsp3) is 0. The maximum atomic E-state index is 5.27. The minimum absolute atomic E-state index is 0.705. The van der Waals surface area contributed by atoms with Crippen molar-refractivity contribution in [2.24, 2.45) is 0 Å². The molecule has 0 bridgehead atoms. The van der Waals surface area contributed by atoms with E-state index in [4.69, 9.17) is 9.97 Å². The Kier molecular flexibility index (Phi) is 7.96. The van der Waals surface area contributed by atoms with Gasteiger partial charge in [-0.05, 0) is 57.1 Å². The number of hydrogen-bond acceptors (Lipinski definition) is 2. The highest BCUT2D eigenvalue weighted by Gasteiger charge is 2.20. The number of nitrogens with zero attached hydrogens (tertiary/aromatic N) is 2. The van der Waals surface area contributed by atoms with Crippen LogP contribution in [0.5, 0.6) is 0 Å². The van der Waals surface area contributed by atoms with Gasteiger partial charge in [0.15, 0.2) is 5.82 Å². The Morgan fingerprint density at radius 2 is 0.521 bits per heavy atom. The second kappa shape index (κ2) is 13.2. The molecule has 8 rings (SSSR count). The van der Waals surface area contributed by atoms with Gasteiger partial charge in [-0.1, -0.05) is 176 Å². The molecule has 8 aromatic rings. The van der Waals surface area contributed by atoms with Crippen LogP contribution in [-0.4, -0.2) is 9.97 Å². The highest BCUT2D eigenvalue weighted by molar-refractivity contribution is 5.92. The van der Waals surface area contributed by atoms with Crippen LogP contribution in [0.1, 0.15) is 0 Å². The lowest BCUT2D eigenvalue weighted by Crippen LogP contribution is -2.00. The molecule has 0 N–H and O–H groups in total. The summed E-state index contributed by atoms with van der Waals surface area (Å²) in [5, 5.41) is 0. The van der Waals surface area contributed by atoms with E-state index in [0.717, 1.165) is 44.8 Å². The minimum atomic E-state index is 0.705. The Morgan fingerprint density at radius 3 is 0.938 bits per heavy atom. The van der Waals surface area contributed by atoms with E-state index in [2.05, 4.69) is 164 Å². The average molecular weight is 613 g/mol. The average Bonchev–Trinajstić information content (AvgIpc) is 3.19. The fourth-order valence-electron chi connectivity index (χ4n) is 6.28. The third-order valence-corrected chi connectivity index (χ3v) is 8.69. The summed E-state index contributed by atoms with van der Waals surface area (Å²) < 4.78 is 0. The van der Waals surface area contributed by atoms with Crippen molar-refractivity contribution >= 4 is 0 Å². The molecule has 226 valence electrons. The zero-order valence-electron chi connectivity index (χ0n) is 26.4. The first-order valence-corrected chi connectivity index (χ1v) is 16.3. The van der Waals surface area contributed by atoms with Crippen LogP contribution in [0.3, 0.4) is 0 Å². The van der Waals surface area contributed by atoms with Gasteiger partial charge in [0, 0.05) is 22.3 Å². The van der Waals surface area contributed by atoms with Crippen molar-refractivity contribution in [3.8, 4) is 78.4 Å². The van der Waals surface area contributed by atoms with Crippen molar-refractivity contribution in [2.45, 2.75) is 0 Å². The Morgan fingerprint density at radius 1 is 0.229 bits per heavy atom. The molecule has 0 atom stereocenters. The monoisotopic (exact) mass is 612 g/mol. The van der Waals surface area contributed by atoms with Crippen LogP contribution >= 0.6 is 0 Å². The zero-order valence-corrected chi connectivity index (χ0v) is 26.4. The number of rotatable bonds is 7. The van der Waals surface area contributed by atoms with E-state index in [1.165, 1.54) is 27.8 Å². The van der Waals surface area contributed by atoms with Crippen molar-refractivity contribution < 1.29 is 0 Å². The molecule has 0 fully saturated rings. The maximum absolute atomic E-state index is 5.27. The summed E-state index contributed by atoms with van der Waals surface area (Å²) in [4.78, 5) is 10.5. The molecule has 0 spiro atoms. The van der Waals surface area contributed by atoms with Gasteiger partial charge in [0.25, 0.3) is 0 Å². The fourth-order valence-corrected chi connectivity index (χ4v) is 6.28. The van der Waals surface area contributed by atoms with Crippen LogP contribution in [0.15, 0.2) is 194 Å². The molecule has 2 heteroatoms. The quantitative estimate of drug-likeness (QED) is 0.179. The summed E-state index contributed by atoms with van der Waals surface area (Å²) in [6.45, 7) is 0. The largest absolute Gasteiger partial charge is 0.227 e. The second-order valence-corrected chi connectivity index (χ2v) is 11.8. The van der Waals surface area contributed by atoms with Gasteiger partial charge in [-0.15, -0.1) is 0 Å². The van der Waals surface area contributed by atoms with Gasteiger partial charge in [-0.25, -0.2) is 9.97 Å². The predicted octanol–water partition coefficient (Wildman–Crippen LogP) is 12.1. The summed E-state index contributed by atoms with van der Waals surface area (Å²) in [5.41, 5.74) is 14.1. The van der Waals surface area contributed by atoms with Gasteiger partial charge in [0.2, 0.25) is 0 Å². The van der Waals surface area contributed by atoms with Gasteiger partial charge >= 0.3 is 0 Å². The molecule has 0 amide bonds. The van der Waals surface area contributed by atoms with Gasteiger partial charge in [-0.3, -0.25) is 0 Å². The molecule has 0 saturated heterocycles. The summed E-state index contributed by atoms with van der Waals surface area (Å²) in [5.74, 6) is 0.705. The van der Waals surface area contributed by atoms with Crippen LogP contribution in [-0.2, 0) is 0 Å². The standard InChI is InChI=1S/C46H32N2/c1-6-16-33(17-7-1)40-30-41(34-18-8-2-9-19-34)32-42(31-40)35-26-28-38(29-27-35)45-43(36-20-10-3-11-21-36)44(37-22-12-4-13-23-37)47-46(48-45)39-24-14-5-15-25-39/h1-32H. The Labute approximate surface area is 281 Å². The van der Waals surface area contributed by atoms with Gasteiger partial charge in [0.1, 0.15) is 0 Å². The molecule has 0 aliphatic carbocycles. The third kappa shape index (κ3) is 5.95. The van der Waals surface area contributed by atoms with E-state index in [1.54, 1.807) is 0 Å². The highest BCUT2D eigenvalue weighted by Crippen LogP contribution is 2.40. The Bertz CT molecular complexity index is 2220. The molecule has 0 unspecified atom stereocenters. The number of benzene rings is 7. The molecule has 48 heavy (non-hydrogen) atoms. The SMILES string of the molecule is c1ccc(-c2cc(-c3ccccc3)cc(-c3ccc(-c4nc(-c5ccccc5)nc(-c5ccccc5)c4-c4ccccc4)cc3)c2)cc1. The molecule has 0 radical (unpaired) electrons. The van der Waals surface area contributed by atoms with Crippen molar-refractivity contribution in [2.75, 3.05) is 0 Å². The summed E-state index contributed by atoms with van der Waals surface area (Å²) >= 11 is 0. The van der Waals surface area contributed by atoms with Crippen LogP contribution in [0.4, 0.5) is 0 Å². The summed E-state index contributed by atoms with van der Waals surface area (Å²) in [6, 6.07) is 68.0. The molecule has 1 heterocycles. The van der Waals surface area contributed by atoms with Gasteiger partial charge in [0.05, 0.1) is 11.4 Å². The lowest BCUT2D eigenvalue weighted by Gasteiger charge is -2.17. The van der Waals surface area contributed by atoms with E-state index in [1.807, 2.05) is 30.3 Å². The molecule has 2 nitrogen and oxygen atoms in total. The van der Waals surface area contributed by atoms with E-state index in [9.17, 15) is 0 Å². The van der Waals surface area contributed by atoms with Crippen molar-refractivity contribution in [1.82, 2.24) is 9.97 Å². The second-order valence-electron chi connectivity index (χ2n) is 11.8. The molecule has 7 aromatic carbocycles. The number of hydrogen-bond donors (Lipinski definition) is 0. The lowest BCUT2D eigenvalue weighted by molar-refractivity contribution is 1.18. The first kappa shape index (κ1) is 29.1. The van der Waals surface area contributed by atoms with Crippen molar-refractivity contribution in [3.05, 3.63) is 194 Å². The molecule has 1 aromatic heterocycles.